The number of methoxy groups -OCH3 is 1. The number of hydrogen-bond donors (Lipinski definition) is 2. The molecule has 0 aliphatic rings. The number of hydrogen-bond acceptors (Lipinski definition) is 6. The molecule has 3 heterocycles. The number of benzene rings is 2. The van der Waals surface area contributed by atoms with E-state index in [1.54, 1.807) is 24.3 Å². The second kappa shape index (κ2) is 7.54. The summed E-state index contributed by atoms with van der Waals surface area (Å²) in [6.07, 6.45) is 0. The van der Waals surface area contributed by atoms with Crippen molar-refractivity contribution in [3.05, 3.63) is 81.0 Å². The Labute approximate surface area is 186 Å². The maximum atomic E-state index is 13.0. The van der Waals surface area contributed by atoms with Crippen LogP contribution >= 0.6 is 12.2 Å². The van der Waals surface area contributed by atoms with E-state index >= 15 is 0 Å². The van der Waals surface area contributed by atoms with Gasteiger partial charge in [0.15, 0.2) is 11.3 Å². The molecule has 0 aliphatic heterocycles. The van der Waals surface area contributed by atoms with Gasteiger partial charge in [0.05, 0.1) is 23.7 Å². The molecule has 0 atom stereocenters. The lowest BCUT2D eigenvalue weighted by atomic mass is 9.98. The smallest absolute Gasteiger partial charge is 0.337 e. The maximum Gasteiger partial charge on any atom is 0.337 e. The lowest BCUT2D eigenvalue weighted by molar-refractivity contribution is 0.0601. The zero-order chi connectivity index (χ0) is 22.4. The van der Waals surface area contributed by atoms with Crippen molar-refractivity contribution in [2.75, 3.05) is 7.11 Å². The van der Waals surface area contributed by atoms with Crippen molar-refractivity contribution in [3.63, 3.8) is 0 Å². The molecular weight excluding hydrogens is 426 g/mol. The lowest BCUT2D eigenvalue weighted by Crippen LogP contribution is -2.11. The minimum absolute atomic E-state index is 0.0693. The van der Waals surface area contributed by atoms with Crippen LogP contribution in [-0.4, -0.2) is 37.8 Å². The highest BCUT2D eigenvalue weighted by molar-refractivity contribution is 7.71. The molecule has 2 N–H and O–H groups in total. The van der Waals surface area contributed by atoms with Crippen LogP contribution in [0.4, 0.5) is 0 Å². The van der Waals surface area contributed by atoms with Crippen molar-refractivity contribution in [2.24, 2.45) is 0 Å². The summed E-state index contributed by atoms with van der Waals surface area (Å²) in [4.78, 5) is 36.5. The molecular formula is C23H17N5O3S. The Balaban J connectivity index is 1.91. The highest BCUT2D eigenvalue weighted by atomic mass is 32.1. The molecule has 0 saturated carbocycles. The molecule has 5 rings (SSSR count). The average Bonchev–Trinajstić information content (AvgIpc) is 3.13. The fraction of sp³-hybridized carbons (Fsp3) is 0.0870. The summed E-state index contributed by atoms with van der Waals surface area (Å²) in [6, 6.07) is 16.6. The normalized spacial score (nSPS) is 11.2. The van der Waals surface area contributed by atoms with E-state index in [1.165, 1.54) is 7.11 Å². The van der Waals surface area contributed by atoms with Gasteiger partial charge in [-0.15, -0.1) is 0 Å². The van der Waals surface area contributed by atoms with E-state index < -0.39 is 5.97 Å². The lowest BCUT2D eigenvalue weighted by Gasteiger charge is -2.10. The van der Waals surface area contributed by atoms with Gasteiger partial charge in [0.25, 0.3) is 5.56 Å². The predicted octanol–water partition coefficient (Wildman–Crippen LogP) is 4.08. The van der Waals surface area contributed by atoms with Crippen molar-refractivity contribution in [1.29, 1.82) is 0 Å². The Hall–Kier alpha value is -4.11. The third-order valence-corrected chi connectivity index (χ3v) is 5.48. The molecule has 3 aromatic heterocycles. The molecule has 158 valence electrons. The molecule has 0 bridgehead atoms. The van der Waals surface area contributed by atoms with E-state index in [0.717, 1.165) is 22.3 Å². The van der Waals surface area contributed by atoms with Gasteiger partial charge in [0.2, 0.25) is 4.77 Å². The van der Waals surface area contributed by atoms with Gasteiger partial charge in [0, 0.05) is 16.6 Å². The van der Waals surface area contributed by atoms with Crippen LogP contribution in [0.25, 0.3) is 38.9 Å². The molecule has 9 heteroatoms. The van der Waals surface area contributed by atoms with Crippen LogP contribution < -0.4 is 5.56 Å². The predicted molar refractivity (Wildman–Crippen MR) is 124 cm³/mol. The molecule has 0 radical (unpaired) electrons. The fourth-order valence-corrected chi connectivity index (χ4v) is 4.06. The summed E-state index contributed by atoms with van der Waals surface area (Å²) in [5, 5.41) is 4.45. The highest BCUT2D eigenvalue weighted by Crippen LogP contribution is 2.35. The van der Waals surface area contributed by atoms with E-state index in [0.29, 0.717) is 22.2 Å². The Kier molecular flexibility index (Phi) is 4.67. The van der Waals surface area contributed by atoms with Gasteiger partial charge < -0.3 is 4.74 Å². The van der Waals surface area contributed by atoms with E-state index in [2.05, 4.69) is 15.1 Å². The first-order valence-electron chi connectivity index (χ1n) is 9.77. The van der Waals surface area contributed by atoms with Crippen molar-refractivity contribution in [3.8, 4) is 16.8 Å². The zero-order valence-electron chi connectivity index (χ0n) is 17.2. The van der Waals surface area contributed by atoms with Gasteiger partial charge in [-0.3, -0.25) is 14.9 Å². The molecule has 8 nitrogen and oxygen atoms in total. The molecule has 0 saturated heterocycles. The summed E-state index contributed by atoms with van der Waals surface area (Å²) >= 11 is 5.13. The number of pyridine rings is 1. The van der Waals surface area contributed by atoms with Crippen molar-refractivity contribution in [2.45, 2.75) is 6.92 Å². The Morgan fingerprint density at radius 1 is 1.03 bits per heavy atom. The van der Waals surface area contributed by atoms with Crippen LogP contribution in [0.5, 0.6) is 0 Å². The molecule has 0 fully saturated rings. The number of nitrogens with zero attached hydrogens (tertiary/aromatic N) is 3. The van der Waals surface area contributed by atoms with Crippen molar-refractivity contribution < 1.29 is 9.53 Å². The highest BCUT2D eigenvalue weighted by Gasteiger charge is 2.21. The van der Waals surface area contributed by atoms with Crippen LogP contribution in [0, 0.1) is 11.7 Å². The van der Waals surface area contributed by atoms with Crippen molar-refractivity contribution >= 4 is 40.3 Å². The summed E-state index contributed by atoms with van der Waals surface area (Å²) < 4.78 is 6.71. The van der Waals surface area contributed by atoms with Gasteiger partial charge in [-0.25, -0.2) is 14.5 Å². The number of fused-ring (bicyclic) bond motifs is 2. The third-order valence-electron chi connectivity index (χ3n) is 5.29. The second-order valence-electron chi connectivity index (χ2n) is 7.23. The Morgan fingerprint density at radius 3 is 2.44 bits per heavy atom. The molecule has 0 amide bonds. The van der Waals surface area contributed by atoms with Crippen LogP contribution in [0.3, 0.4) is 0 Å². The SMILES string of the molecule is COC(=O)c1ccc(-c2c3c(C)[nH]n(-c4ccccc4)c3nc3nc(=S)[nH]c(=O)c23)cc1. The summed E-state index contributed by atoms with van der Waals surface area (Å²) in [5.74, 6) is -0.434. The van der Waals surface area contributed by atoms with E-state index in [9.17, 15) is 9.59 Å². The molecule has 32 heavy (non-hydrogen) atoms. The first-order chi connectivity index (χ1) is 15.5. The minimum atomic E-state index is -0.434. The van der Waals surface area contributed by atoms with Gasteiger partial charge in [-0.05, 0) is 49.0 Å². The molecule has 0 aliphatic carbocycles. The van der Waals surface area contributed by atoms with Crippen molar-refractivity contribution in [1.82, 2.24) is 24.7 Å². The van der Waals surface area contributed by atoms with Gasteiger partial charge in [0.1, 0.15) is 0 Å². The number of rotatable bonds is 3. The first kappa shape index (κ1) is 19.8. The number of ether oxygens (including phenoxy) is 1. The van der Waals surface area contributed by atoms with Gasteiger partial charge >= 0.3 is 5.97 Å². The monoisotopic (exact) mass is 443 g/mol. The number of H-pyrrole nitrogens is 2. The average molecular weight is 443 g/mol. The van der Waals surface area contributed by atoms with Crippen LogP contribution in [0.15, 0.2) is 59.4 Å². The second-order valence-corrected chi connectivity index (χ2v) is 7.62. The number of aromatic nitrogens is 5. The van der Waals surface area contributed by atoms with Crippen LogP contribution in [-0.2, 0) is 4.74 Å². The van der Waals surface area contributed by atoms with Crippen LogP contribution in [0.1, 0.15) is 16.1 Å². The Bertz CT molecular complexity index is 1620. The summed E-state index contributed by atoms with van der Waals surface area (Å²) in [6.45, 7) is 1.92. The molecule has 5 aromatic rings. The summed E-state index contributed by atoms with van der Waals surface area (Å²) in [7, 11) is 1.33. The van der Waals surface area contributed by atoms with E-state index in [1.807, 2.05) is 41.9 Å². The third kappa shape index (κ3) is 3.10. The number of nitrogens with one attached hydrogen (secondary N) is 2. The molecule has 0 spiro atoms. The first-order valence-corrected chi connectivity index (χ1v) is 10.2. The number of carbonyl (C=O) groups is 1. The van der Waals surface area contributed by atoms with E-state index in [4.69, 9.17) is 21.9 Å². The van der Waals surface area contributed by atoms with Crippen LogP contribution in [0.2, 0.25) is 0 Å². The number of para-hydroxylation sites is 1. The maximum absolute atomic E-state index is 13.0. The zero-order valence-corrected chi connectivity index (χ0v) is 18.0. The molecule has 2 aromatic carbocycles. The number of aromatic amines is 2. The minimum Gasteiger partial charge on any atom is -0.465 e. The summed E-state index contributed by atoms with van der Waals surface area (Å²) in [5.41, 5.74) is 4.02. The number of aryl methyl sites for hydroxylation is 1. The largest absolute Gasteiger partial charge is 0.465 e. The molecule has 0 unspecified atom stereocenters. The fourth-order valence-electron chi connectivity index (χ4n) is 3.88. The Morgan fingerprint density at radius 2 is 1.75 bits per heavy atom. The number of carbonyl (C=O) groups excluding carboxylic acids is 1. The number of esters is 1. The quantitative estimate of drug-likeness (QED) is 0.322. The van der Waals surface area contributed by atoms with Gasteiger partial charge in [-0.2, -0.15) is 4.98 Å². The standard InChI is InChI=1S/C23H17N5O3S/c1-12-16-17(13-8-10-14(11-9-13)22(30)31-2)18-19(25-23(32)26-21(18)29)24-20(16)28(27-12)15-6-4-3-5-7-15/h3-11,27H,1-2H3,(H,26,29,32). The van der Waals surface area contributed by atoms with E-state index in [-0.39, 0.29) is 16.0 Å². The van der Waals surface area contributed by atoms with Gasteiger partial charge in [-0.1, -0.05) is 30.3 Å². The topological polar surface area (TPSA) is 106 Å².